The highest BCUT2D eigenvalue weighted by Crippen LogP contribution is 2.08. The molecule has 0 amide bonds. The third-order valence-corrected chi connectivity index (χ3v) is 2.29. The first-order valence-electron chi connectivity index (χ1n) is 5.73. The number of nitrogens with zero attached hydrogens (tertiary/aromatic N) is 4. The molecule has 2 aromatic heterocycles. The van der Waals surface area contributed by atoms with Gasteiger partial charge in [-0.15, -0.1) is 10.2 Å². The fourth-order valence-electron chi connectivity index (χ4n) is 1.45. The van der Waals surface area contributed by atoms with Crippen molar-refractivity contribution in [3.05, 3.63) is 24.2 Å². The summed E-state index contributed by atoms with van der Waals surface area (Å²) in [4.78, 5) is 11.6. The van der Waals surface area contributed by atoms with Crippen LogP contribution in [0.4, 0.5) is 0 Å². The topological polar surface area (TPSA) is 75.5 Å². The molecule has 0 aliphatic heterocycles. The van der Waals surface area contributed by atoms with Crippen LogP contribution in [-0.4, -0.2) is 33.2 Å². The zero-order valence-corrected chi connectivity index (χ0v) is 10.6. The highest BCUT2D eigenvalue weighted by Gasteiger charge is 2.05. The summed E-state index contributed by atoms with van der Waals surface area (Å²) < 4.78 is 5.19. The Labute approximate surface area is 105 Å². The first-order valence-corrected chi connectivity index (χ1v) is 5.73. The smallest absolute Gasteiger partial charge is 0.205 e. The van der Waals surface area contributed by atoms with Gasteiger partial charge in [-0.25, -0.2) is 9.97 Å². The van der Waals surface area contributed by atoms with Crippen LogP contribution in [0.1, 0.15) is 26.6 Å². The van der Waals surface area contributed by atoms with E-state index in [1.165, 1.54) is 0 Å². The number of aromatic nitrogens is 3. The number of nitrogens with one attached hydrogen (secondary N) is 1. The average Bonchev–Trinajstić information content (AvgIpc) is 2.80. The molecule has 0 unspecified atom stereocenters. The molecular weight excluding hydrogens is 230 g/mol. The van der Waals surface area contributed by atoms with Crippen LogP contribution in [0.2, 0.25) is 0 Å². The predicted octanol–water partition coefficient (Wildman–Crippen LogP) is 2.14. The van der Waals surface area contributed by atoms with Crippen LogP contribution in [0.15, 0.2) is 28.5 Å². The van der Waals surface area contributed by atoms with E-state index < -0.39 is 0 Å². The molecule has 2 rings (SSSR count). The standard InChI is InChI=1S/C12H15N5O/c1-4-18-9(3)17-16-8(2)11-14-10-6-5-7-13-12(10)15-11/h5-7H,4H2,1-3H3,(H,13,14,15)/b16-8-,17-9+. The molecule has 0 aliphatic carbocycles. The van der Waals surface area contributed by atoms with Crippen LogP contribution in [0.3, 0.4) is 0 Å². The Bertz CT molecular complexity index is 566. The Morgan fingerprint density at radius 1 is 1.39 bits per heavy atom. The molecule has 0 spiro atoms. The van der Waals surface area contributed by atoms with Crippen molar-refractivity contribution < 1.29 is 4.74 Å². The number of pyridine rings is 1. The lowest BCUT2D eigenvalue weighted by molar-refractivity contribution is 0.323. The Morgan fingerprint density at radius 3 is 2.94 bits per heavy atom. The summed E-state index contributed by atoms with van der Waals surface area (Å²) in [6.45, 7) is 6.08. The molecule has 1 N–H and O–H groups in total. The van der Waals surface area contributed by atoms with Crippen molar-refractivity contribution in [3.63, 3.8) is 0 Å². The molecule has 2 aromatic rings. The van der Waals surface area contributed by atoms with Crippen LogP contribution < -0.4 is 0 Å². The number of H-pyrrole nitrogens is 1. The van der Waals surface area contributed by atoms with Gasteiger partial charge in [0.05, 0.1) is 12.1 Å². The Balaban J connectivity index is 2.25. The molecular formula is C12H15N5O. The SMILES string of the molecule is CCO/C(C)=N/N=C(/C)c1nc2ncccc2[nH]1. The van der Waals surface area contributed by atoms with Crippen molar-refractivity contribution in [2.45, 2.75) is 20.8 Å². The molecule has 6 nitrogen and oxygen atoms in total. The highest BCUT2D eigenvalue weighted by atomic mass is 16.5. The van der Waals surface area contributed by atoms with Crippen molar-refractivity contribution in [1.82, 2.24) is 15.0 Å². The van der Waals surface area contributed by atoms with Gasteiger partial charge in [-0.2, -0.15) is 0 Å². The number of aromatic amines is 1. The first-order chi connectivity index (χ1) is 8.70. The third-order valence-electron chi connectivity index (χ3n) is 2.29. The molecule has 0 saturated carbocycles. The first kappa shape index (κ1) is 12.2. The summed E-state index contributed by atoms with van der Waals surface area (Å²) >= 11 is 0. The maximum Gasteiger partial charge on any atom is 0.205 e. The van der Waals surface area contributed by atoms with Gasteiger partial charge in [-0.1, -0.05) is 0 Å². The lowest BCUT2D eigenvalue weighted by Gasteiger charge is -1.98. The van der Waals surface area contributed by atoms with Gasteiger partial charge in [0.1, 0.15) is 5.71 Å². The van der Waals surface area contributed by atoms with E-state index in [2.05, 4.69) is 25.2 Å². The molecule has 0 aliphatic rings. The summed E-state index contributed by atoms with van der Waals surface area (Å²) in [5.74, 6) is 1.20. The van der Waals surface area contributed by atoms with E-state index in [0.717, 1.165) is 5.52 Å². The van der Waals surface area contributed by atoms with E-state index in [9.17, 15) is 0 Å². The normalized spacial score (nSPS) is 13.1. The van der Waals surface area contributed by atoms with E-state index in [1.807, 2.05) is 26.0 Å². The van der Waals surface area contributed by atoms with Gasteiger partial charge in [0.15, 0.2) is 11.5 Å². The molecule has 0 saturated heterocycles. The van der Waals surface area contributed by atoms with Gasteiger partial charge < -0.3 is 9.72 Å². The highest BCUT2D eigenvalue weighted by molar-refractivity contribution is 5.97. The van der Waals surface area contributed by atoms with E-state index in [4.69, 9.17) is 4.74 Å². The van der Waals surface area contributed by atoms with Gasteiger partial charge in [-0.05, 0) is 26.0 Å². The lowest BCUT2D eigenvalue weighted by atomic mass is 10.4. The lowest BCUT2D eigenvalue weighted by Crippen LogP contribution is -2.00. The van der Waals surface area contributed by atoms with Gasteiger partial charge in [0, 0.05) is 13.1 Å². The van der Waals surface area contributed by atoms with Crippen molar-refractivity contribution in [3.8, 4) is 0 Å². The number of hydrogen-bond donors (Lipinski definition) is 1. The molecule has 0 bridgehead atoms. The summed E-state index contributed by atoms with van der Waals surface area (Å²) in [5.41, 5.74) is 2.24. The number of fused-ring (bicyclic) bond motifs is 1. The second kappa shape index (κ2) is 5.39. The van der Waals surface area contributed by atoms with E-state index in [-0.39, 0.29) is 0 Å². The molecule has 0 fully saturated rings. The quantitative estimate of drug-likeness (QED) is 0.511. The van der Waals surface area contributed by atoms with E-state index in [1.54, 1.807) is 13.1 Å². The summed E-state index contributed by atoms with van der Waals surface area (Å²) in [6.07, 6.45) is 1.71. The summed E-state index contributed by atoms with van der Waals surface area (Å²) in [7, 11) is 0. The third kappa shape index (κ3) is 2.71. The van der Waals surface area contributed by atoms with Crippen molar-refractivity contribution in [1.29, 1.82) is 0 Å². The summed E-state index contributed by atoms with van der Waals surface area (Å²) in [5, 5.41) is 8.03. The summed E-state index contributed by atoms with van der Waals surface area (Å²) in [6, 6.07) is 3.77. The van der Waals surface area contributed by atoms with Gasteiger partial charge >= 0.3 is 0 Å². The fraction of sp³-hybridized carbons (Fsp3) is 0.333. The Hall–Kier alpha value is -2.24. The maximum atomic E-state index is 5.19. The van der Waals surface area contributed by atoms with Crippen LogP contribution in [0.25, 0.3) is 11.2 Å². The van der Waals surface area contributed by atoms with Gasteiger partial charge in [0.25, 0.3) is 0 Å². The zero-order chi connectivity index (χ0) is 13.0. The number of rotatable bonds is 3. The van der Waals surface area contributed by atoms with Crippen molar-refractivity contribution in [2.24, 2.45) is 10.2 Å². The minimum absolute atomic E-state index is 0.533. The molecule has 0 atom stereocenters. The number of ether oxygens (including phenoxy) is 1. The van der Waals surface area contributed by atoms with Crippen LogP contribution in [-0.2, 0) is 4.74 Å². The Kier molecular flexibility index (Phi) is 3.66. The maximum absolute atomic E-state index is 5.19. The van der Waals surface area contributed by atoms with Gasteiger partial charge in [0.2, 0.25) is 5.90 Å². The number of hydrogen-bond acceptors (Lipinski definition) is 5. The monoisotopic (exact) mass is 245 g/mol. The average molecular weight is 245 g/mol. The molecule has 0 radical (unpaired) electrons. The minimum Gasteiger partial charge on any atom is -0.480 e. The van der Waals surface area contributed by atoms with Crippen LogP contribution >= 0.6 is 0 Å². The molecule has 2 heterocycles. The molecule has 0 aromatic carbocycles. The largest absolute Gasteiger partial charge is 0.480 e. The molecule has 6 heteroatoms. The fourth-order valence-corrected chi connectivity index (χ4v) is 1.45. The van der Waals surface area contributed by atoms with E-state index >= 15 is 0 Å². The van der Waals surface area contributed by atoms with Crippen LogP contribution in [0, 0.1) is 0 Å². The Morgan fingerprint density at radius 2 is 2.22 bits per heavy atom. The molecule has 18 heavy (non-hydrogen) atoms. The molecule has 94 valence electrons. The zero-order valence-electron chi connectivity index (χ0n) is 10.6. The minimum atomic E-state index is 0.533. The second-order valence-electron chi connectivity index (χ2n) is 3.70. The predicted molar refractivity (Wildman–Crippen MR) is 70.8 cm³/mol. The van der Waals surface area contributed by atoms with Crippen molar-refractivity contribution in [2.75, 3.05) is 6.61 Å². The second-order valence-corrected chi connectivity index (χ2v) is 3.70. The van der Waals surface area contributed by atoms with Crippen LogP contribution in [0.5, 0.6) is 0 Å². The van der Waals surface area contributed by atoms with E-state index in [0.29, 0.717) is 29.7 Å². The van der Waals surface area contributed by atoms with Crippen molar-refractivity contribution >= 4 is 22.8 Å². The van der Waals surface area contributed by atoms with Gasteiger partial charge in [-0.3, -0.25) is 0 Å². The number of imidazole rings is 1.